The summed E-state index contributed by atoms with van der Waals surface area (Å²) in [5, 5.41) is 20.8. The standard InChI is InChI=1S/C26H41N5O6/c1-26(2,3)20(23(34)31-13-15-10-7-11-16(15)19(31)24(35)36)30-22(33)18(14-8-5-4-6-9-14)29-21(32)17-12-27-25(37)28-17/h14-20H,4-13H2,1-3H3,(H,29,32)(H,30,33)(H,35,36)(H2,27,28,37)/t15-,16-,17-,18-,19-,20+/m0/s1. The van der Waals surface area contributed by atoms with Crippen LogP contribution in [0.25, 0.3) is 0 Å². The first kappa shape index (κ1) is 27.2. The Hall–Kier alpha value is -2.85. The number of nitrogens with zero attached hydrogens (tertiary/aromatic N) is 1. The number of hydrogen-bond acceptors (Lipinski definition) is 5. The van der Waals surface area contributed by atoms with Gasteiger partial charge >= 0.3 is 12.0 Å². The van der Waals surface area contributed by atoms with Crippen LogP contribution in [-0.4, -0.2) is 77.0 Å². The zero-order chi connectivity index (χ0) is 26.9. The first-order chi connectivity index (χ1) is 17.5. The van der Waals surface area contributed by atoms with Crippen molar-refractivity contribution in [2.75, 3.05) is 13.1 Å². The van der Waals surface area contributed by atoms with E-state index in [0.29, 0.717) is 6.54 Å². The molecule has 2 saturated carbocycles. The topological polar surface area (TPSA) is 157 Å². The van der Waals surface area contributed by atoms with E-state index in [-0.39, 0.29) is 30.2 Å². The fraction of sp³-hybridized carbons (Fsp3) is 0.808. The van der Waals surface area contributed by atoms with Crippen molar-refractivity contribution in [2.24, 2.45) is 23.2 Å². The molecule has 0 aromatic heterocycles. The molecule has 5 N–H and O–H groups in total. The van der Waals surface area contributed by atoms with Crippen molar-refractivity contribution >= 4 is 29.7 Å². The Morgan fingerprint density at radius 3 is 2.30 bits per heavy atom. The fourth-order valence-electron chi connectivity index (χ4n) is 6.63. The summed E-state index contributed by atoms with van der Waals surface area (Å²) in [7, 11) is 0. The molecule has 37 heavy (non-hydrogen) atoms. The maximum absolute atomic E-state index is 13.8. The van der Waals surface area contributed by atoms with Crippen molar-refractivity contribution < 1.29 is 29.1 Å². The summed E-state index contributed by atoms with van der Waals surface area (Å²) in [4.78, 5) is 65.6. The normalized spacial score (nSPS) is 29.6. The monoisotopic (exact) mass is 519 g/mol. The molecule has 2 aliphatic carbocycles. The molecule has 0 unspecified atom stereocenters. The van der Waals surface area contributed by atoms with Gasteiger partial charge in [0.25, 0.3) is 0 Å². The number of carbonyl (C=O) groups excluding carboxylic acids is 4. The van der Waals surface area contributed by atoms with E-state index in [1.165, 1.54) is 4.90 Å². The zero-order valence-electron chi connectivity index (χ0n) is 22.0. The maximum atomic E-state index is 13.8. The maximum Gasteiger partial charge on any atom is 0.326 e. The number of carbonyl (C=O) groups is 5. The number of fused-ring (bicyclic) bond motifs is 1. The summed E-state index contributed by atoms with van der Waals surface area (Å²) >= 11 is 0. The molecule has 11 heteroatoms. The van der Waals surface area contributed by atoms with Gasteiger partial charge in [-0.15, -0.1) is 0 Å². The van der Waals surface area contributed by atoms with Crippen LogP contribution in [0.2, 0.25) is 0 Å². The van der Waals surface area contributed by atoms with E-state index in [4.69, 9.17) is 0 Å². The van der Waals surface area contributed by atoms with Crippen molar-refractivity contribution in [1.29, 1.82) is 0 Å². The molecule has 5 amide bonds. The van der Waals surface area contributed by atoms with Gasteiger partial charge in [0.2, 0.25) is 17.7 Å². The lowest BCUT2D eigenvalue weighted by Crippen LogP contribution is -2.62. The first-order valence-electron chi connectivity index (χ1n) is 13.7. The number of aliphatic carboxylic acids is 1. The van der Waals surface area contributed by atoms with E-state index in [0.717, 1.165) is 51.4 Å². The highest BCUT2D eigenvalue weighted by Crippen LogP contribution is 2.43. The molecular formula is C26H41N5O6. The predicted molar refractivity (Wildman–Crippen MR) is 134 cm³/mol. The van der Waals surface area contributed by atoms with Crippen LogP contribution >= 0.6 is 0 Å². The van der Waals surface area contributed by atoms with Gasteiger partial charge in [-0.3, -0.25) is 14.4 Å². The largest absolute Gasteiger partial charge is 0.480 e. The van der Waals surface area contributed by atoms with Gasteiger partial charge in [-0.05, 0) is 48.9 Å². The summed E-state index contributed by atoms with van der Waals surface area (Å²) in [6.45, 7) is 6.06. The minimum absolute atomic E-state index is 0.0534. The molecule has 11 nitrogen and oxygen atoms in total. The van der Waals surface area contributed by atoms with E-state index in [2.05, 4.69) is 21.3 Å². The molecule has 0 radical (unpaired) electrons. The number of carboxylic acid groups (broad SMARTS) is 1. The third kappa shape index (κ3) is 5.85. The zero-order valence-corrected chi connectivity index (χ0v) is 22.0. The van der Waals surface area contributed by atoms with Crippen LogP contribution in [0.4, 0.5) is 4.79 Å². The average molecular weight is 520 g/mol. The van der Waals surface area contributed by atoms with Crippen molar-refractivity contribution in [3.8, 4) is 0 Å². The van der Waals surface area contributed by atoms with Gasteiger partial charge in [0, 0.05) is 13.1 Å². The number of carboxylic acids is 1. The molecule has 0 aromatic rings. The number of amides is 5. The van der Waals surface area contributed by atoms with E-state index in [1.807, 2.05) is 20.8 Å². The number of hydrogen-bond donors (Lipinski definition) is 5. The molecule has 4 rings (SSSR count). The van der Waals surface area contributed by atoms with Crippen molar-refractivity contribution in [2.45, 2.75) is 96.3 Å². The van der Waals surface area contributed by atoms with Gasteiger partial charge in [0.15, 0.2) is 0 Å². The summed E-state index contributed by atoms with van der Waals surface area (Å²) < 4.78 is 0. The van der Waals surface area contributed by atoms with Crippen LogP contribution < -0.4 is 21.3 Å². The third-order valence-corrected chi connectivity index (χ3v) is 8.62. The number of urea groups is 1. The van der Waals surface area contributed by atoms with E-state index >= 15 is 0 Å². The van der Waals surface area contributed by atoms with Crippen LogP contribution in [0.15, 0.2) is 0 Å². The summed E-state index contributed by atoms with van der Waals surface area (Å²) in [5.74, 6) is -2.24. The van der Waals surface area contributed by atoms with Gasteiger partial charge < -0.3 is 31.3 Å². The van der Waals surface area contributed by atoms with E-state index in [1.54, 1.807) is 0 Å². The molecule has 2 saturated heterocycles. The molecule has 4 aliphatic rings. The molecule has 2 heterocycles. The van der Waals surface area contributed by atoms with Crippen LogP contribution in [0.3, 0.4) is 0 Å². The summed E-state index contributed by atoms with van der Waals surface area (Å²) in [6, 6.07) is -3.88. The average Bonchev–Trinajstić information content (AvgIpc) is 3.55. The van der Waals surface area contributed by atoms with Gasteiger partial charge in [-0.1, -0.05) is 46.5 Å². The molecule has 4 fully saturated rings. The Kier molecular flexibility index (Phi) is 7.99. The number of nitrogens with one attached hydrogen (secondary N) is 4. The van der Waals surface area contributed by atoms with Crippen molar-refractivity contribution in [3.05, 3.63) is 0 Å². The SMILES string of the molecule is CC(C)(C)[C@H](NC(=O)[C@@H](NC(=O)[C@@H]1CNC(=O)N1)C1CCCCC1)C(=O)N1C[C@@H]2CCC[C@@H]2[C@H]1C(=O)O. The molecule has 0 aromatic carbocycles. The second-order valence-corrected chi connectivity index (χ2v) is 12.2. The smallest absolute Gasteiger partial charge is 0.326 e. The summed E-state index contributed by atoms with van der Waals surface area (Å²) in [6.07, 6.45) is 7.19. The van der Waals surface area contributed by atoms with Gasteiger partial charge in [0.1, 0.15) is 24.2 Å². The lowest BCUT2D eigenvalue weighted by Gasteiger charge is -2.37. The molecule has 6 atom stereocenters. The van der Waals surface area contributed by atoms with E-state index < -0.39 is 53.4 Å². The second-order valence-electron chi connectivity index (χ2n) is 12.2. The lowest BCUT2D eigenvalue weighted by atomic mass is 9.82. The Balaban J connectivity index is 1.53. The lowest BCUT2D eigenvalue weighted by molar-refractivity contribution is -0.152. The van der Waals surface area contributed by atoms with Gasteiger partial charge in [-0.25, -0.2) is 9.59 Å². The van der Waals surface area contributed by atoms with Crippen LogP contribution in [0.5, 0.6) is 0 Å². The Morgan fingerprint density at radius 1 is 1.00 bits per heavy atom. The van der Waals surface area contributed by atoms with Crippen LogP contribution in [0, 0.1) is 23.2 Å². The minimum Gasteiger partial charge on any atom is -0.480 e. The summed E-state index contributed by atoms with van der Waals surface area (Å²) in [5.41, 5.74) is -0.683. The molecular weight excluding hydrogens is 478 g/mol. The van der Waals surface area contributed by atoms with Crippen molar-refractivity contribution in [3.63, 3.8) is 0 Å². The molecule has 0 spiro atoms. The highest BCUT2D eigenvalue weighted by Gasteiger charge is 2.52. The Bertz CT molecular complexity index is 927. The van der Waals surface area contributed by atoms with Crippen LogP contribution in [-0.2, 0) is 19.2 Å². The van der Waals surface area contributed by atoms with Crippen LogP contribution in [0.1, 0.15) is 72.1 Å². The molecule has 2 aliphatic heterocycles. The fourth-order valence-corrected chi connectivity index (χ4v) is 6.63. The highest BCUT2D eigenvalue weighted by molar-refractivity contribution is 5.96. The highest BCUT2D eigenvalue weighted by atomic mass is 16.4. The Labute approximate surface area is 217 Å². The van der Waals surface area contributed by atoms with E-state index in [9.17, 15) is 29.1 Å². The molecule has 0 bridgehead atoms. The van der Waals surface area contributed by atoms with Gasteiger partial charge in [-0.2, -0.15) is 0 Å². The van der Waals surface area contributed by atoms with Crippen molar-refractivity contribution in [1.82, 2.24) is 26.2 Å². The quantitative estimate of drug-likeness (QED) is 0.337. The molecule has 206 valence electrons. The first-order valence-corrected chi connectivity index (χ1v) is 13.7. The third-order valence-electron chi connectivity index (χ3n) is 8.62. The predicted octanol–water partition coefficient (Wildman–Crippen LogP) is 0.976. The van der Waals surface area contributed by atoms with Gasteiger partial charge in [0.05, 0.1) is 0 Å². The second kappa shape index (κ2) is 10.9. The number of likely N-dealkylation sites (tertiary alicyclic amines) is 1. The number of rotatable bonds is 7. The minimum atomic E-state index is -0.999. The Morgan fingerprint density at radius 2 is 1.70 bits per heavy atom.